The van der Waals surface area contributed by atoms with Gasteiger partial charge in [-0.15, -0.1) is 0 Å². The first-order valence-electron chi connectivity index (χ1n) is 6.08. The fraction of sp³-hybridized carbons (Fsp3) is 0.385. The highest BCUT2D eigenvalue weighted by Crippen LogP contribution is 2.13. The Labute approximate surface area is 114 Å². The van der Waals surface area contributed by atoms with Crippen LogP contribution in [0.25, 0.3) is 0 Å². The van der Waals surface area contributed by atoms with E-state index in [0.717, 1.165) is 0 Å². The van der Waals surface area contributed by atoms with Gasteiger partial charge in [0.15, 0.2) is 0 Å². The first-order valence-corrected chi connectivity index (χ1v) is 7.57. The third-order valence-corrected chi connectivity index (χ3v) is 4.19. The minimum atomic E-state index is -0.786. The van der Waals surface area contributed by atoms with Gasteiger partial charge in [0.05, 0.1) is 0 Å². The lowest BCUT2D eigenvalue weighted by Gasteiger charge is -2.26. The maximum absolute atomic E-state index is 12.2. The molecule has 19 heavy (non-hydrogen) atoms. The van der Waals surface area contributed by atoms with Crippen LogP contribution >= 0.6 is 0 Å². The lowest BCUT2D eigenvalue weighted by Crippen LogP contribution is -2.41. The zero-order valence-electron chi connectivity index (χ0n) is 10.7. The van der Waals surface area contributed by atoms with Crippen LogP contribution in [-0.4, -0.2) is 45.5 Å². The van der Waals surface area contributed by atoms with Crippen LogP contribution in [0, 0.1) is 0 Å². The molecule has 2 rings (SSSR count). The fourth-order valence-corrected chi connectivity index (χ4v) is 2.98. The topological polar surface area (TPSA) is 66.5 Å². The molecule has 1 aromatic rings. The van der Waals surface area contributed by atoms with Gasteiger partial charge in [-0.2, -0.15) is 0 Å². The van der Waals surface area contributed by atoms with Gasteiger partial charge in [0.1, 0.15) is 0 Å². The van der Waals surface area contributed by atoms with Crippen LogP contribution in [0.1, 0.15) is 17.3 Å². The van der Waals surface area contributed by atoms with Gasteiger partial charge in [0, 0.05) is 53.6 Å². The minimum Gasteiger partial charge on any atom is -0.337 e. The van der Waals surface area contributed by atoms with Crippen LogP contribution in [0.2, 0.25) is 0 Å². The molecule has 1 aliphatic rings. The van der Waals surface area contributed by atoms with E-state index in [9.17, 15) is 13.8 Å². The number of benzene rings is 1. The van der Waals surface area contributed by atoms with Crippen LogP contribution in [0.3, 0.4) is 0 Å². The van der Waals surface area contributed by atoms with Gasteiger partial charge in [-0.25, -0.2) is 0 Å². The van der Waals surface area contributed by atoms with Gasteiger partial charge < -0.3 is 10.2 Å². The highest BCUT2D eigenvalue weighted by Gasteiger charge is 2.20. The average molecular weight is 280 g/mol. The summed E-state index contributed by atoms with van der Waals surface area (Å²) in [6.45, 7) is 2.52. The summed E-state index contributed by atoms with van der Waals surface area (Å²) in [5.74, 6) is 0.912. The molecular weight excluding hydrogens is 264 g/mol. The van der Waals surface area contributed by atoms with Crippen LogP contribution < -0.4 is 5.32 Å². The minimum absolute atomic E-state index is 0.0499. The number of hydrogen-bond acceptors (Lipinski definition) is 3. The van der Waals surface area contributed by atoms with Crippen molar-refractivity contribution in [2.24, 2.45) is 0 Å². The van der Waals surface area contributed by atoms with Crippen LogP contribution in [0.4, 0.5) is 5.69 Å². The second-order valence-electron chi connectivity index (χ2n) is 4.40. The zero-order valence-corrected chi connectivity index (χ0v) is 11.5. The number of anilines is 1. The van der Waals surface area contributed by atoms with E-state index >= 15 is 0 Å². The molecule has 0 spiro atoms. The largest absolute Gasteiger partial charge is 0.337 e. The quantitative estimate of drug-likeness (QED) is 0.873. The van der Waals surface area contributed by atoms with Crippen molar-refractivity contribution in [1.82, 2.24) is 4.90 Å². The van der Waals surface area contributed by atoms with Gasteiger partial charge in [-0.3, -0.25) is 13.8 Å². The van der Waals surface area contributed by atoms with Gasteiger partial charge in [-0.05, 0) is 24.3 Å². The summed E-state index contributed by atoms with van der Waals surface area (Å²) in [7, 11) is -0.786. The highest BCUT2D eigenvalue weighted by molar-refractivity contribution is 7.85. The maximum atomic E-state index is 12.2. The van der Waals surface area contributed by atoms with Crippen molar-refractivity contribution in [3.8, 4) is 0 Å². The maximum Gasteiger partial charge on any atom is 0.253 e. The van der Waals surface area contributed by atoms with Crippen molar-refractivity contribution >= 4 is 28.3 Å². The summed E-state index contributed by atoms with van der Waals surface area (Å²) in [6.07, 6.45) is 0. The van der Waals surface area contributed by atoms with Crippen LogP contribution in [0.15, 0.2) is 24.3 Å². The molecule has 2 amide bonds. The van der Waals surface area contributed by atoms with Gasteiger partial charge in [-0.1, -0.05) is 0 Å². The smallest absolute Gasteiger partial charge is 0.253 e. The zero-order chi connectivity index (χ0) is 13.8. The Morgan fingerprint density at radius 1 is 1.16 bits per heavy atom. The van der Waals surface area contributed by atoms with Crippen molar-refractivity contribution in [1.29, 1.82) is 0 Å². The third-order valence-electron chi connectivity index (χ3n) is 2.92. The van der Waals surface area contributed by atoms with E-state index < -0.39 is 10.8 Å². The molecule has 1 aromatic carbocycles. The molecule has 0 aromatic heterocycles. The standard InChI is InChI=1S/C13H16N2O3S/c1-10(16)14-12-4-2-11(3-5-12)13(17)15-6-8-19(18)9-7-15/h2-5H,6-9H2,1H3,(H,14,16). The van der Waals surface area contributed by atoms with E-state index in [2.05, 4.69) is 5.32 Å². The van der Waals surface area contributed by atoms with Crippen molar-refractivity contribution in [2.75, 3.05) is 29.9 Å². The molecule has 6 heteroatoms. The van der Waals surface area contributed by atoms with Crippen molar-refractivity contribution in [3.05, 3.63) is 29.8 Å². The molecule has 102 valence electrons. The third kappa shape index (κ3) is 3.64. The highest BCUT2D eigenvalue weighted by atomic mass is 32.2. The molecule has 0 atom stereocenters. The normalized spacial score (nSPS) is 16.2. The van der Waals surface area contributed by atoms with E-state index in [1.165, 1.54) is 6.92 Å². The summed E-state index contributed by atoms with van der Waals surface area (Å²) in [5.41, 5.74) is 1.26. The molecule has 0 saturated carbocycles. The van der Waals surface area contributed by atoms with Gasteiger partial charge >= 0.3 is 0 Å². The number of rotatable bonds is 2. The number of carbonyl (C=O) groups excluding carboxylic acids is 2. The Hall–Kier alpha value is -1.69. The number of nitrogens with zero attached hydrogens (tertiary/aromatic N) is 1. The number of hydrogen-bond donors (Lipinski definition) is 1. The Kier molecular flexibility index (Phi) is 4.31. The fourth-order valence-electron chi connectivity index (χ4n) is 1.92. The van der Waals surface area contributed by atoms with Gasteiger partial charge in [0.25, 0.3) is 5.91 Å². The molecular formula is C13H16N2O3S. The second kappa shape index (κ2) is 5.97. The summed E-state index contributed by atoms with van der Waals surface area (Å²) in [6, 6.07) is 6.80. The molecule has 0 radical (unpaired) electrons. The Morgan fingerprint density at radius 3 is 2.26 bits per heavy atom. The van der Waals surface area contributed by atoms with Crippen LogP contribution in [0.5, 0.6) is 0 Å². The molecule has 0 aliphatic carbocycles. The van der Waals surface area contributed by atoms with Crippen molar-refractivity contribution < 1.29 is 13.8 Å². The summed E-state index contributed by atoms with van der Waals surface area (Å²) >= 11 is 0. The molecule has 1 fully saturated rings. The predicted octanol–water partition coefficient (Wildman–Crippen LogP) is 0.849. The van der Waals surface area contributed by atoms with E-state index in [4.69, 9.17) is 0 Å². The first kappa shape index (κ1) is 13.7. The molecule has 1 N–H and O–H groups in total. The molecule has 1 aliphatic heterocycles. The van der Waals surface area contributed by atoms with E-state index in [0.29, 0.717) is 35.8 Å². The lowest BCUT2D eigenvalue weighted by atomic mass is 10.1. The number of amides is 2. The summed E-state index contributed by atoms with van der Waals surface area (Å²) in [4.78, 5) is 24.8. The van der Waals surface area contributed by atoms with Gasteiger partial charge in [0.2, 0.25) is 5.91 Å². The van der Waals surface area contributed by atoms with Crippen molar-refractivity contribution in [2.45, 2.75) is 6.92 Å². The Balaban J connectivity index is 2.03. The molecule has 0 bridgehead atoms. The van der Waals surface area contributed by atoms with E-state index in [-0.39, 0.29) is 11.8 Å². The van der Waals surface area contributed by atoms with Crippen LogP contribution in [-0.2, 0) is 15.6 Å². The number of nitrogens with one attached hydrogen (secondary N) is 1. The summed E-state index contributed by atoms with van der Waals surface area (Å²) in [5, 5.41) is 2.65. The first-order chi connectivity index (χ1) is 9.06. The molecule has 1 saturated heterocycles. The Morgan fingerprint density at radius 2 is 1.74 bits per heavy atom. The van der Waals surface area contributed by atoms with E-state index in [1.807, 2.05) is 0 Å². The average Bonchev–Trinajstić information content (AvgIpc) is 2.39. The number of carbonyl (C=O) groups is 2. The summed E-state index contributed by atoms with van der Waals surface area (Å²) < 4.78 is 11.2. The molecule has 0 unspecified atom stereocenters. The second-order valence-corrected chi connectivity index (χ2v) is 6.09. The molecule has 1 heterocycles. The van der Waals surface area contributed by atoms with Crippen molar-refractivity contribution in [3.63, 3.8) is 0 Å². The predicted molar refractivity (Wildman–Crippen MR) is 74.5 cm³/mol. The SMILES string of the molecule is CC(=O)Nc1ccc(C(=O)N2CCS(=O)CC2)cc1. The van der Waals surface area contributed by atoms with E-state index in [1.54, 1.807) is 29.2 Å². The Bertz CT molecular complexity index is 503. The lowest BCUT2D eigenvalue weighted by molar-refractivity contribution is -0.114. The monoisotopic (exact) mass is 280 g/mol. The molecule has 5 nitrogen and oxygen atoms in total.